The fraction of sp³-hybridized carbons (Fsp3) is 1.00. The minimum absolute atomic E-state index is 0.739. The molecule has 63 valence electrons. The zero-order chi connectivity index (χ0) is 7.84. The van der Waals surface area contributed by atoms with E-state index in [1.54, 1.807) is 0 Å². The fourth-order valence-corrected chi connectivity index (χ4v) is 1.99. The third kappa shape index (κ3) is 1.31. The second-order valence-electron chi connectivity index (χ2n) is 4.39. The maximum Gasteiger partial charge on any atom is 0.0275 e. The summed E-state index contributed by atoms with van der Waals surface area (Å²) >= 11 is 0. The lowest BCUT2D eigenvalue weighted by Gasteiger charge is -2.42. The van der Waals surface area contributed by atoms with Crippen molar-refractivity contribution in [2.24, 2.45) is 11.8 Å². The number of hydrogen-bond acceptors (Lipinski definition) is 0. The molecule has 0 N–H and O–H groups in total. The number of nitrogens with zero attached hydrogens (tertiary/aromatic N) is 1. The van der Waals surface area contributed by atoms with Crippen molar-refractivity contribution < 1.29 is 0 Å². The molecule has 0 saturated heterocycles. The van der Waals surface area contributed by atoms with Crippen molar-refractivity contribution >= 4 is 0 Å². The normalized spacial score (nSPS) is 49.6. The lowest BCUT2D eigenvalue weighted by atomic mass is 9.76. The van der Waals surface area contributed by atoms with E-state index in [9.17, 15) is 0 Å². The highest BCUT2D eigenvalue weighted by atomic mass is 15.0. The quantitative estimate of drug-likeness (QED) is 0.576. The van der Waals surface area contributed by atoms with Crippen molar-refractivity contribution in [3.63, 3.8) is 0 Å². The molecule has 2 saturated carbocycles. The maximum absolute atomic E-state index is 4.85. The minimum Gasteiger partial charge on any atom is -0.235 e. The molecule has 2 aliphatic carbocycles. The van der Waals surface area contributed by atoms with E-state index in [-0.39, 0.29) is 0 Å². The van der Waals surface area contributed by atoms with Crippen LogP contribution in [0.5, 0.6) is 0 Å². The van der Waals surface area contributed by atoms with Gasteiger partial charge in [0, 0.05) is 12.1 Å². The van der Waals surface area contributed by atoms with E-state index in [1.165, 1.54) is 25.7 Å². The highest BCUT2D eigenvalue weighted by Gasteiger charge is 2.35. The number of rotatable bonds is 2. The molecular formula is C10H18N. The monoisotopic (exact) mass is 152 g/mol. The summed E-state index contributed by atoms with van der Waals surface area (Å²) in [5.41, 5.74) is 0. The van der Waals surface area contributed by atoms with Crippen molar-refractivity contribution in [1.82, 2.24) is 5.32 Å². The Bertz CT molecular complexity index is 128. The van der Waals surface area contributed by atoms with Gasteiger partial charge < -0.3 is 0 Å². The third-order valence-corrected chi connectivity index (χ3v) is 3.53. The predicted octanol–water partition coefficient (Wildman–Crippen LogP) is 2.19. The van der Waals surface area contributed by atoms with Crippen LogP contribution >= 0.6 is 0 Å². The molecule has 1 heteroatoms. The van der Waals surface area contributed by atoms with E-state index in [2.05, 4.69) is 13.8 Å². The first-order valence-corrected chi connectivity index (χ1v) is 4.97. The molecule has 0 spiro atoms. The molecule has 0 aromatic rings. The van der Waals surface area contributed by atoms with Crippen molar-refractivity contribution in [2.75, 3.05) is 0 Å². The van der Waals surface area contributed by atoms with Gasteiger partial charge in [-0.05, 0) is 37.5 Å². The van der Waals surface area contributed by atoms with Crippen LogP contribution in [0, 0.1) is 11.8 Å². The Morgan fingerprint density at radius 2 is 1.27 bits per heavy atom. The highest BCUT2D eigenvalue weighted by molar-refractivity contribution is 4.91. The minimum atomic E-state index is 0.739. The Hall–Kier alpha value is -0.0400. The smallest absolute Gasteiger partial charge is 0.0275 e. The molecule has 2 rings (SSSR count). The fourth-order valence-electron chi connectivity index (χ4n) is 1.99. The molecule has 0 aromatic carbocycles. The van der Waals surface area contributed by atoms with Crippen molar-refractivity contribution in [3.8, 4) is 0 Å². The maximum atomic E-state index is 4.85. The van der Waals surface area contributed by atoms with Gasteiger partial charge in [0.15, 0.2) is 0 Å². The molecule has 1 nitrogen and oxygen atoms in total. The van der Waals surface area contributed by atoms with Crippen LogP contribution in [-0.4, -0.2) is 12.1 Å². The van der Waals surface area contributed by atoms with Crippen LogP contribution in [0.25, 0.3) is 0 Å². The zero-order valence-electron chi connectivity index (χ0n) is 7.59. The summed E-state index contributed by atoms with van der Waals surface area (Å²) < 4.78 is 0. The summed E-state index contributed by atoms with van der Waals surface area (Å²) in [5.74, 6) is 1.78. The van der Waals surface area contributed by atoms with Crippen LogP contribution in [-0.2, 0) is 0 Å². The lowest BCUT2D eigenvalue weighted by molar-refractivity contribution is 0.135. The second kappa shape index (κ2) is 2.78. The molecule has 0 aliphatic heterocycles. The average Bonchev–Trinajstić information content (AvgIpc) is 1.99. The Kier molecular flexibility index (Phi) is 1.92. The van der Waals surface area contributed by atoms with Crippen LogP contribution < -0.4 is 5.32 Å². The van der Waals surface area contributed by atoms with E-state index >= 15 is 0 Å². The molecule has 2 fully saturated rings. The Morgan fingerprint density at radius 1 is 0.818 bits per heavy atom. The Morgan fingerprint density at radius 3 is 1.45 bits per heavy atom. The second-order valence-corrected chi connectivity index (χ2v) is 4.39. The van der Waals surface area contributed by atoms with Gasteiger partial charge in [-0.2, -0.15) is 0 Å². The van der Waals surface area contributed by atoms with Gasteiger partial charge in [-0.1, -0.05) is 13.8 Å². The third-order valence-electron chi connectivity index (χ3n) is 3.53. The molecule has 1 radical (unpaired) electrons. The van der Waals surface area contributed by atoms with Crippen LogP contribution in [0.4, 0.5) is 0 Å². The van der Waals surface area contributed by atoms with Gasteiger partial charge >= 0.3 is 0 Å². The largest absolute Gasteiger partial charge is 0.235 e. The van der Waals surface area contributed by atoms with Crippen LogP contribution in [0.2, 0.25) is 0 Å². The summed E-state index contributed by atoms with van der Waals surface area (Å²) in [6, 6.07) is 1.48. The van der Waals surface area contributed by atoms with Crippen molar-refractivity contribution in [1.29, 1.82) is 0 Å². The molecule has 0 heterocycles. The Balaban J connectivity index is 1.73. The first-order chi connectivity index (χ1) is 5.27. The van der Waals surface area contributed by atoms with Crippen LogP contribution in [0.15, 0.2) is 0 Å². The van der Waals surface area contributed by atoms with E-state index in [0.29, 0.717) is 0 Å². The van der Waals surface area contributed by atoms with Gasteiger partial charge in [-0.15, -0.1) is 0 Å². The zero-order valence-corrected chi connectivity index (χ0v) is 7.59. The van der Waals surface area contributed by atoms with Gasteiger partial charge in [0.2, 0.25) is 0 Å². The molecule has 4 unspecified atom stereocenters. The molecule has 0 bridgehead atoms. The molecular weight excluding hydrogens is 134 g/mol. The topological polar surface area (TPSA) is 14.1 Å². The van der Waals surface area contributed by atoms with Crippen molar-refractivity contribution in [2.45, 2.75) is 51.6 Å². The Labute approximate surface area is 69.6 Å². The molecule has 0 aromatic heterocycles. The SMILES string of the molecule is CC1CCC1[N]C1CCC1C. The molecule has 2 aliphatic rings. The summed E-state index contributed by atoms with van der Waals surface area (Å²) in [5, 5.41) is 4.85. The predicted molar refractivity (Wildman–Crippen MR) is 46.5 cm³/mol. The lowest BCUT2D eigenvalue weighted by Crippen LogP contribution is -2.48. The van der Waals surface area contributed by atoms with Crippen molar-refractivity contribution in [3.05, 3.63) is 0 Å². The van der Waals surface area contributed by atoms with Gasteiger partial charge in [-0.3, -0.25) is 0 Å². The molecule has 0 amide bonds. The molecule has 11 heavy (non-hydrogen) atoms. The van der Waals surface area contributed by atoms with E-state index in [4.69, 9.17) is 5.32 Å². The summed E-state index contributed by atoms with van der Waals surface area (Å²) in [6.07, 6.45) is 5.55. The van der Waals surface area contributed by atoms with E-state index in [0.717, 1.165) is 23.9 Å². The van der Waals surface area contributed by atoms with Gasteiger partial charge in [0.1, 0.15) is 0 Å². The summed E-state index contributed by atoms with van der Waals surface area (Å²) in [6.45, 7) is 4.67. The summed E-state index contributed by atoms with van der Waals surface area (Å²) in [4.78, 5) is 0. The van der Waals surface area contributed by atoms with Gasteiger partial charge in [0.25, 0.3) is 0 Å². The standard InChI is InChI=1S/C10H18N/c1-7-3-5-9(7)11-10-6-4-8(10)2/h7-10H,3-6H2,1-2H3. The summed E-state index contributed by atoms with van der Waals surface area (Å²) in [7, 11) is 0. The first kappa shape index (κ1) is 7.60. The van der Waals surface area contributed by atoms with Gasteiger partial charge in [0.05, 0.1) is 0 Å². The van der Waals surface area contributed by atoms with E-state index in [1.807, 2.05) is 0 Å². The average molecular weight is 152 g/mol. The molecule has 4 atom stereocenters. The first-order valence-electron chi connectivity index (χ1n) is 4.97. The highest BCUT2D eigenvalue weighted by Crippen LogP contribution is 2.33. The number of hydrogen-bond donors (Lipinski definition) is 0. The van der Waals surface area contributed by atoms with Crippen LogP contribution in [0.3, 0.4) is 0 Å². The van der Waals surface area contributed by atoms with E-state index < -0.39 is 0 Å². The van der Waals surface area contributed by atoms with Crippen LogP contribution in [0.1, 0.15) is 39.5 Å². The van der Waals surface area contributed by atoms with Gasteiger partial charge in [-0.25, -0.2) is 5.32 Å².